The lowest BCUT2D eigenvalue weighted by Gasteiger charge is -2.31. The first-order valence-electron chi connectivity index (χ1n) is 12.4. The maximum atomic E-state index is 12.5. The third-order valence-corrected chi connectivity index (χ3v) is 6.32. The highest BCUT2D eigenvalue weighted by molar-refractivity contribution is 5.93. The molecule has 4 rings (SSSR count). The molecule has 0 saturated carbocycles. The Kier molecular flexibility index (Phi) is 8.25. The summed E-state index contributed by atoms with van der Waals surface area (Å²) >= 11 is 0. The molecule has 0 aromatic heterocycles. The number of para-hydroxylation sites is 1. The second-order valence-electron chi connectivity index (χ2n) is 9.01. The van der Waals surface area contributed by atoms with Crippen molar-refractivity contribution in [3.8, 4) is 11.5 Å². The van der Waals surface area contributed by atoms with E-state index < -0.39 is 5.97 Å². The van der Waals surface area contributed by atoms with E-state index in [-0.39, 0.29) is 30.4 Å². The Bertz CT molecular complexity index is 1120. The van der Waals surface area contributed by atoms with Crippen LogP contribution in [0.1, 0.15) is 37.8 Å². The molecule has 2 aromatic carbocycles. The van der Waals surface area contributed by atoms with Crippen molar-refractivity contribution in [1.82, 2.24) is 4.90 Å². The van der Waals surface area contributed by atoms with Crippen molar-refractivity contribution in [3.63, 3.8) is 0 Å². The molecule has 2 aliphatic heterocycles. The zero-order valence-corrected chi connectivity index (χ0v) is 20.7. The number of fused-ring (bicyclic) bond motifs is 1. The minimum absolute atomic E-state index is 0.0392. The normalized spacial score (nSPS) is 17.4. The minimum atomic E-state index is -0.613. The quantitative estimate of drug-likeness (QED) is 0.445. The predicted molar refractivity (Wildman–Crippen MR) is 136 cm³/mol. The fraction of sp³-hybridized carbons (Fsp3) is 0.393. The molecule has 190 valence electrons. The van der Waals surface area contributed by atoms with Gasteiger partial charge in [0.15, 0.2) is 6.61 Å². The number of nitrogens with one attached hydrogen (secondary N) is 1. The first-order chi connectivity index (χ1) is 17.4. The number of rotatable bonds is 8. The number of likely N-dealkylation sites (tertiary alicyclic amines) is 1. The second-order valence-corrected chi connectivity index (χ2v) is 9.01. The number of carbonyl (C=O) groups is 3. The summed E-state index contributed by atoms with van der Waals surface area (Å²) in [4.78, 5) is 38.9. The number of ether oxygens (including phenoxy) is 3. The highest BCUT2D eigenvalue weighted by Gasteiger charge is 2.28. The first kappa shape index (κ1) is 25.3. The zero-order chi connectivity index (χ0) is 25.5. The van der Waals surface area contributed by atoms with Gasteiger partial charge in [-0.05, 0) is 57.0 Å². The molecule has 1 fully saturated rings. The van der Waals surface area contributed by atoms with Gasteiger partial charge in [0.25, 0.3) is 5.91 Å². The summed E-state index contributed by atoms with van der Waals surface area (Å²) in [6, 6.07) is 13.1. The molecule has 0 aliphatic carbocycles. The van der Waals surface area contributed by atoms with Crippen LogP contribution in [0.5, 0.6) is 11.5 Å². The van der Waals surface area contributed by atoms with Gasteiger partial charge in [-0.2, -0.15) is 0 Å². The summed E-state index contributed by atoms with van der Waals surface area (Å²) in [6.07, 6.45) is 4.96. The van der Waals surface area contributed by atoms with Crippen molar-refractivity contribution in [3.05, 3.63) is 59.7 Å². The zero-order valence-electron chi connectivity index (χ0n) is 20.7. The Morgan fingerprint density at radius 3 is 2.61 bits per heavy atom. The van der Waals surface area contributed by atoms with Gasteiger partial charge in [0.05, 0.1) is 6.61 Å². The summed E-state index contributed by atoms with van der Waals surface area (Å²) in [5, 5.41) is 2.91. The fourth-order valence-electron chi connectivity index (χ4n) is 4.45. The highest BCUT2D eigenvalue weighted by atomic mass is 16.5. The number of carbonyl (C=O) groups excluding carboxylic acids is 3. The number of piperidine rings is 1. The van der Waals surface area contributed by atoms with Crippen molar-refractivity contribution in [2.45, 2.75) is 39.2 Å². The Morgan fingerprint density at radius 1 is 1.14 bits per heavy atom. The molecule has 0 spiro atoms. The van der Waals surface area contributed by atoms with Gasteiger partial charge >= 0.3 is 5.97 Å². The Hall–Kier alpha value is -3.81. The van der Waals surface area contributed by atoms with Crippen molar-refractivity contribution < 1.29 is 28.6 Å². The van der Waals surface area contributed by atoms with Crippen LogP contribution in [-0.4, -0.2) is 55.1 Å². The number of hydrogen-bond acceptors (Lipinski definition) is 6. The molecule has 2 amide bonds. The van der Waals surface area contributed by atoms with Gasteiger partial charge in [0.2, 0.25) is 5.91 Å². The molecule has 0 unspecified atom stereocenters. The van der Waals surface area contributed by atoms with Gasteiger partial charge in [-0.25, -0.2) is 4.79 Å². The Labute approximate surface area is 211 Å². The minimum Gasteiger partial charge on any atom is -0.493 e. The van der Waals surface area contributed by atoms with Gasteiger partial charge in [-0.3, -0.25) is 9.59 Å². The summed E-state index contributed by atoms with van der Waals surface area (Å²) in [7, 11) is 0. The summed E-state index contributed by atoms with van der Waals surface area (Å²) < 4.78 is 16.7. The molecule has 2 aliphatic rings. The van der Waals surface area contributed by atoms with Crippen LogP contribution >= 0.6 is 0 Å². The van der Waals surface area contributed by atoms with Crippen LogP contribution in [0.3, 0.4) is 0 Å². The smallest absolute Gasteiger partial charge is 0.331 e. The molecule has 8 nitrogen and oxygen atoms in total. The monoisotopic (exact) mass is 492 g/mol. The molecular formula is C28H32N2O6. The number of amides is 2. The second kappa shape index (κ2) is 11.7. The van der Waals surface area contributed by atoms with E-state index >= 15 is 0 Å². The van der Waals surface area contributed by atoms with Crippen molar-refractivity contribution in [2.75, 3.05) is 31.6 Å². The fourth-order valence-corrected chi connectivity index (χ4v) is 4.45. The predicted octanol–water partition coefficient (Wildman–Crippen LogP) is 3.84. The van der Waals surface area contributed by atoms with Crippen molar-refractivity contribution >= 4 is 29.5 Å². The Morgan fingerprint density at radius 2 is 1.89 bits per heavy atom. The van der Waals surface area contributed by atoms with E-state index in [1.807, 2.05) is 56.3 Å². The average Bonchev–Trinajstić information content (AvgIpc) is 3.25. The highest BCUT2D eigenvalue weighted by Crippen LogP contribution is 2.35. The van der Waals surface area contributed by atoms with Crippen LogP contribution in [0.15, 0.2) is 48.5 Å². The number of nitrogens with zero attached hydrogens (tertiary/aromatic N) is 1. The summed E-state index contributed by atoms with van der Waals surface area (Å²) in [5.41, 5.74) is 2.55. The largest absolute Gasteiger partial charge is 0.493 e. The lowest BCUT2D eigenvalue weighted by molar-refractivity contribution is -0.149. The molecule has 0 bridgehead atoms. The lowest BCUT2D eigenvalue weighted by atomic mass is 9.95. The number of hydrogen-bond donors (Lipinski definition) is 1. The van der Waals surface area contributed by atoms with E-state index in [9.17, 15) is 14.4 Å². The van der Waals surface area contributed by atoms with E-state index in [1.165, 1.54) is 6.08 Å². The van der Waals surface area contributed by atoms with Crippen LogP contribution < -0.4 is 14.8 Å². The van der Waals surface area contributed by atoms with Crippen LogP contribution in [-0.2, 0) is 25.5 Å². The van der Waals surface area contributed by atoms with E-state index in [0.717, 1.165) is 23.4 Å². The van der Waals surface area contributed by atoms with E-state index in [2.05, 4.69) is 5.32 Å². The molecule has 2 heterocycles. The van der Waals surface area contributed by atoms with Crippen LogP contribution in [0, 0.1) is 5.92 Å². The van der Waals surface area contributed by atoms with Crippen LogP contribution in [0.4, 0.5) is 5.69 Å². The van der Waals surface area contributed by atoms with E-state index in [0.29, 0.717) is 43.9 Å². The molecule has 36 heavy (non-hydrogen) atoms. The first-order valence-corrected chi connectivity index (χ1v) is 12.4. The van der Waals surface area contributed by atoms with Gasteiger partial charge in [-0.1, -0.05) is 18.2 Å². The van der Waals surface area contributed by atoms with Crippen molar-refractivity contribution in [1.29, 1.82) is 0 Å². The Balaban J connectivity index is 1.24. The van der Waals surface area contributed by atoms with Gasteiger partial charge in [-0.15, -0.1) is 0 Å². The number of anilines is 1. The maximum absolute atomic E-state index is 12.5. The third-order valence-electron chi connectivity index (χ3n) is 6.32. The SMILES string of the molecule is CCOc1cc2c(cc1/C=C\C(=O)OCC(=O)N1CCC(C(=O)Nc3ccccc3)CC1)O[C@H](C)C2. The summed E-state index contributed by atoms with van der Waals surface area (Å²) in [5.74, 6) is 0.385. The molecule has 8 heteroatoms. The number of esters is 1. The molecular weight excluding hydrogens is 460 g/mol. The van der Waals surface area contributed by atoms with E-state index in [4.69, 9.17) is 14.2 Å². The van der Waals surface area contributed by atoms with Crippen LogP contribution in [0.2, 0.25) is 0 Å². The summed E-state index contributed by atoms with van der Waals surface area (Å²) in [6.45, 7) is 4.96. The van der Waals surface area contributed by atoms with Crippen LogP contribution in [0.25, 0.3) is 6.08 Å². The maximum Gasteiger partial charge on any atom is 0.331 e. The van der Waals surface area contributed by atoms with E-state index in [1.54, 1.807) is 11.0 Å². The molecule has 1 saturated heterocycles. The van der Waals surface area contributed by atoms with Gasteiger partial charge < -0.3 is 24.4 Å². The van der Waals surface area contributed by atoms with Gasteiger partial charge in [0, 0.05) is 48.3 Å². The molecule has 1 atom stereocenters. The molecule has 2 aromatic rings. The molecule has 0 radical (unpaired) electrons. The standard InChI is InChI=1S/C28H32N2O6/c1-3-34-24-17-22-15-19(2)36-25(22)16-21(24)9-10-27(32)35-18-26(31)30-13-11-20(12-14-30)28(33)29-23-7-5-4-6-8-23/h4-10,16-17,19-20H,3,11-15,18H2,1-2H3,(H,29,33)/b10-9-/t19-/m1/s1. The third kappa shape index (κ3) is 6.44. The molecule has 1 N–H and O–H groups in total. The van der Waals surface area contributed by atoms with Crippen molar-refractivity contribution in [2.24, 2.45) is 5.92 Å². The topological polar surface area (TPSA) is 94.2 Å². The number of benzene rings is 2. The average molecular weight is 493 g/mol. The lowest BCUT2D eigenvalue weighted by Crippen LogP contribution is -2.43. The van der Waals surface area contributed by atoms with Gasteiger partial charge in [0.1, 0.15) is 17.6 Å².